The molecule has 1 fully saturated rings. The molecule has 0 radical (unpaired) electrons. The molecule has 0 spiro atoms. The van der Waals surface area contributed by atoms with Crippen molar-refractivity contribution in [1.29, 1.82) is 0 Å². The van der Waals surface area contributed by atoms with Crippen LogP contribution in [0.1, 0.15) is 50.2 Å². The van der Waals surface area contributed by atoms with Gasteiger partial charge in [0.25, 0.3) is 0 Å². The van der Waals surface area contributed by atoms with Gasteiger partial charge in [0.1, 0.15) is 6.04 Å². The monoisotopic (exact) mass is 351 g/mol. The van der Waals surface area contributed by atoms with Gasteiger partial charge in [0.15, 0.2) is 0 Å². The molecule has 1 aromatic carbocycles. The lowest BCUT2D eigenvalue weighted by Crippen LogP contribution is -2.57. The molecule has 1 aromatic rings. The van der Waals surface area contributed by atoms with Gasteiger partial charge in [-0.2, -0.15) is 0 Å². The first-order valence-electron chi connectivity index (χ1n) is 10.6. The molecule has 0 aromatic heterocycles. The van der Waals surface area contributed by atoms with E-state index >= 15 is 0 Å². The lowest BCUT2D eigenvalue weighted by atomic mass is 9.97. The van der Waals surface area contributed by atoms with Gasteiger partial charge in [-0.15, -0.1) is 0 Å². The fraction of sp³-hybridized carbons (Fsp3) is 0.583. The highest BCUT2D eigenvalue weighted by Crippen LogP contribution is 2.32. The molecule has 1 saturated heterocycles. The van der Waals surface area contributed by atoms with E-state index in [9.17, 15) is 0 Å². The van der Waals surface area contributed by atoms with Gasteiger partial charge >= 0.3 is 0 Å². The van der Waals surface area contributed by atoms with E-state index in [0.29, 0.717) is 6.04 Å². The largest absolute Gasteiger partial charge is 0.362 e. The molecule has 1 aliphatic heterocycles. The van der Waals surface area contributed by atoms with Crippen molar-refractivity contribution >= 4 is 0 Å². The van der Waals surface area contributed by atoms with Crippen LogP contribution in [0.3, 0.4) is 0 Å². The van der Waals surface area contributed by atoms with E-state index in [4.69, 9.17) is 0 Å². The fourth-order valence-corrected chi connectivity index (χ4v) is 5.22. The fourth-order valence-electron chi connectivity index (χ4n) is 5.22. The second kappa shape index (κ2) is 7.23. The van der Waals surface area contributed by atoms with Crippen molar-refractivity contribution in [3.8, 4) is 0 Å². The van der Waals surface area contributed by atoms with Crippen LogP contribution in [0.2, 0.25) is 0 Å². The van der Waals surface area contributed by atoms with Gasteiger partial charge < -0.3 is 9.38 Å². The lowest BCUT2D eigenvalue weighted by molar-refractivity contribution is -0.919. The molecule has 4 rings (SSSR count). The number of hydrogen-bond donors (Lipinski definition) is 0. The summed E-state index contributed by atoms with van der Waals surface area (Å²) >= 11 is 0. The molecule has 0 bridgehead atoms. The zero-order valence-corrected chi connectivity index (χ0v) is 16.9. The summed E-state index contributed by atoms with van der Waals surface area (Å²) in [7, 11) is 4.89. The molecule has 3 aliphatic rings. The summed E-state index contributed by atoms with van der Waals surface area (Å²) in [6, 6.07) is 10.5. The quantitative estimate of drug-likeness (QED) is 0.710. The highest BCUT2D eigenvalue weighted by Gasteiger charge is 2.36. The Morgan fingerprint density at radius 1 is 1.08 bits per heavy atom. The molecule has 2 aliphatic carbocycles. The first-order valence-corrected chi connectivity index (χ1v) is 10.6. The summed E-state index contributed by atoms with van der Waals surface area (Å²) in [5.74, 6) is 0. The standard InChI is InChI=1S/C24H35N2/c1-19-9-8-12-22(15-19)25(18-24-13-6-7-14-26(24,2)3)23-16-20-10-4-5-11-21(20)17-23/h4-5,10-12,15,23-24H,6-9,13-14,16-18H2,1-3H3/q+1. The molecular weight excluding hydrogens is 316 g/mol. The van der Waals surface area contributed by atoms with Crippen LogP contribution >= 0.6 is 0 Å². The van der Waals surface area contributed by atoms with Crippen LogP contribution in [0.25, 0.3) is 0 Å². The summed E-state index contributed by atoms with van der Waals surface area (Å²) in [6.45, 7) is 4.84. The average molecular weight is 352 g/mol. The van der Waals surface area contributed by atoms with Gasteiger partial charge in [-0.1, -0.05) is 35.9 Å². The third-order valence-electron chi connectivity index (χ3n) is 7.01. The number of allylic oxidation sites excluding steroid dienone is 3. The van der Waals surface area contributed by atoms with Gasteiger partial charge in [-0.25, -0.2) is 0 Å². The molecule has 1 unspecified atom stereocenters. The first kappa shape index (κ1) is 17.9. The predicted molar refractivity (Wildman–Crippen MR) is 110 cm³/mol. The summed E-state index contributed by atoms with van der Waals surface area (Å²) in [5, 5.41) is 0. The maximum absolute atomic E-state index is 2.79. The Morgan fingerprint density at radius 3 is 2.46 bits per heavy atom. The van der Waals surface area contributed by atoms with Crippen LogP contribution in [0.5, 0.6) is 0 Å². The highest BCUT2D eigenvalue weighted by atomic mass is 15.4. The predicted octanol–water partition coefficient (Wildman–Crippen LogP) is 4.71. The maximum atomic E-state index is 2.79. The van der Waals surface area contributed by atoms with Crippen molar-refractivity contribution in [1.82, 2.24) is 4.90 Å². The first-order chi connectivity index (χ1) is 12.5. The van der Waals surface area contributed by atoms with Crippen molar-refractivity contribution in [2.24, 2.45) is 0 Å². The van der Waals surface area contributed by atoms with Crippen LogP contribution in [-0.2, 0) is 12.8 Å². The summed E-state index contributed by atoms with van der Waals surface area (Å²) < 4.78 is 1.19. The zero-order chi connectivity index (χ0) is 18.1. The van der Waals surface area contributed by atoms with Gasteiger partial charge in [0.05, 0.1) is 27.2 Å². The summed E-state index contributed by atoms with van der Waals surface area (Å²) in [4.78, 5) is 2.79. The van der Waals surface area contributed by atoms with E-state index < -0.39 is 0 Å². The van der Waals surface area contributed by atoms with E-state index in [1.165, 1.54) is 68.2 Å². The molecule has 1 atom stereocenters. The number of quaternary nitrogens is 1. The van der Waals surface area contributed by atoms with E-state index in [1.54, 1.807) is 16.7 Å². The molecule has 26 heavy (non-hydrogen) atoms. The van der Waals surface area contributed by atoms with Crippen molar-refractivity contribution in [3.63, 3.8) is 0 Å². The number of nitrogens with zero attached hydrogens (tertiary/aromatic N) is 2. The van der Waals surface area contributed by atoms with Crippen molar-refractivity contribution in [2.75, 3.05) is 27.2 Å². The molecule has 0 amide bonds. The minimum Gasteiger partial charge on any atom is -0.362 e. The van der Waals surface area contributed by atoms with Gasteiger partial charge in [-0.3, -0.25) is 0 Å². The Hall–Kier alpha value is -1.54. The molecular formula is C24H35N2+. The number of hydrogen-bond acceptors (Lipinski definition) is 1. The molecule has 0 N–H and O–H groups in total. The third-order valence-corrected chi connectivity index (χ3v) is 7.01. The topological polar surface area (TPSA) is 3.24 Å². The van der Waals surface area contributed by atoms with Gasteiger partial charge in [0, 0.05) is 18.2 Å². The van der Waals surface area contributed by atoms with E-state index in [1.807, 2.05) is 0 Å². The Morgan fingerprint density at radius 2 is 1.81 bits per heavy atom. The Kier molecular flexibility index (Phi) is 4.96. The lowest BCUT2D eigenvalue weighted by Gasteiger charge is -2.45. The molecule has 0 saturated carbocycles. The molecule has 2 nitrogen and oxygen atoms in total. The molecule has 140 valence electrons. The minimum absolute atomic E-state index is 0.628. The number of piperidine rings is 1. The van der Waals surface area contributed by atoms with Crippen molar-refractivity contribution in [3.05, 3.63) is 58.8 Å². The minimum atomic E-state index is 0.628. The van der Waals surface area contributed by atoms with Crippen LogP contribution in [0.15, 0.2) is 47.7 Å². The van der Waals surface area contributed by atoms with Gasteiger partial charge in [-0.05, 0) is 62.7 Å². The SMILES string of the molecule is CC1=CC(N(CC2CCCC[N+]2(C)C)C2Cc3ccccc3C2)=CCC1. The normalized spacial score (nSPS) is 25.4. The Labute approximate surface area is 159 Å². The molecule has 1 heterocycles. The van der Waals surface area contributed by atoms with Crippen molar-refractivity contribution < 1.29 is 4.48 Å². The number of likely N-dealkylation sites (N-methyl/N-ethyl adjacent to an activating group) is 1. The van der Waals surface area contributed by atoms with E-state index in [-0.39, 0.29) is 0 Å². The second-order valence-corrected chi connectivity index (χ2v) is 9.29. The van der Waals surface area contributed by atoms with Gasteiger partial charge in [0.2, 0.25) is 0 Å². The van der Waals surface area contributed by atoms with Crippen molar-refractivity contribution in [2.45, 2.75) is 64.0 Å². The zero-order valence-electron chi connectivity index (χ0n) is 16.9. The smallest absolute Gasteiger partial charge is 0.106 e. The van der Waals surface area contributed by atoms with Crippen LogP contribution < -0.4 is 0 Å². The Balaban J connectivity index is 1.59. The molecule has 2 heteroatoms. The van der Waals surface area contributed by atoms with Crippen LogP contribution in [-0.4, -0.2) is 48.7 Å². The van der Waals surface area contributed by atoms with Crippen LogP contribution in [0, 0.1) is 0 Å². The van der Waals surface area contributed by atoms with E-state index in [2.05, 4.69) is 62.3 Å². The second-order valence-electron chi connectivity index (χ2n) is 9.29. The summed E-state index contributed by atoms with van der Waals surface area (Å²) in [5.41, 5.74) is 6.17. The highest BCUT2D eigenvalue weighted by molar-refractivity contribution is 5.35. The summed E-state index contributed by atoms with van der Waals surface area (Å²) in [6.07, 6.45) is 14.0. The Bertz CT molecular complexity index is 688. The average Bonchev–Trinajstić information content (AvgIpc) is 3.04. The number of fused-ring (bicyclic) bond motifs is 1. The van der Waals surface area contributed by atoms with E-state index in [0.717, 1.165) is 6.04 Å². The maximum Gasteiger partial charge on any atom is 0.106 e. The number of rotatable bonds is 4. The third kappa shape index (κ3) is 3.62. The number of benzene rings is 1. The number of likely N-dealkylation sites (tertiary alicyclic amines) is 1. The van der Waals surface area contributed by atoms with Crippen LogP contribution in [0.4, 0.5) is 0 Å².